The molecule has 0 spiro atoms. The van der Waals surface area contributed by atoms with E-state index in [9.17, 15) is 0 Å². The number of rotatable bonds is 5. The highest BCUT2D eigenvalue weighted by atomic mass is 15.1. The maximum atomic E-state index is 5.64. The molecule has 1 aromatic carbocycles. The first-order valence-corrected chi connectivity index (χ1v) is 5.31. The molecule has 0 unspecified atom stereocenters. The van der Waals surface area contributed by atoms with Gasteiger partial charge in [-0.05, 0) is 51.3 Å². The van der Waals surface area contributed by atoms with E-state index in [2.05, 4.69) is 43.1 Å². The van der Waals surface area contributed by atoms with Crippen molar-refractivity contribution in [1.29, 1.82) is 0 Å². The van der Waals surface area contributed by atoms with Crippen molar-refractivity contribution in [3.63, 3.8) is 0 Å². The molecule has 3 nitrogen and oxygen atoms in total. The largest absolute Gasteiger partial charge is 0.399 e. The van der Waals surface area contributed by atoms with Crippen molar-refractivity contribution in [2.45, 2.75) is 6.42 Å². The summed E-state index contributed by atoms with van der Waals surface area (Å²) in [6, 6.07) is 8.01. The van der Waals surface area contributed by atoms with Gasteiger partial charge in [0.05, 0.1) is 0 Å². The Morgan fingerprint density at radius 2 is 1.60 bits per heavy atom. The van der Waals surface area contributed by atoms with Crippen LogP contribution in [-0.2, 0) is 0 Å². The van der Waals surface area contributed by atoms with Crippen LogP contribution < -0.4 is 10.6 Å². The smallest absolute Gasteiger partial charge is 0.0365 e. The molecule has 0 fully saturated rings. The summed E-state index contributed by atoms with van der Waals surface area (Å²) in [7, 11) is 6.31. The maximum absolute atomic E-state index is 5.64. The number of hydrogen-bond acceptors (Lipinski definition) is 3. The molecule has 1 aromatic rings. The van der Waals surface area contributed by atoms with Gasteiger partial charge >= 0.3 is 0 Å². The minimum atomic E-state index is 0.820. The molecule has 0 heterocycles. The second-order valence-electron chi connectivity index (χ2n) is 4.17. The average Bonchev–Trinajstić information content (AvgIpc) is 2.18. The fraction of sp³-hybridized carbons (Fsp3) is 0.500. The molecule has 0 radical (unpaired) electrons. The van der Waals surface area contributed by atoms with Gasteiger partial charge in [0, 0.05) is 25.0 Å². The lowest BCUT2D eigenvalue weighted by Crippen LogP contribution is -2.23. The third-order valence-corrected chi connectivity index (χ3v) is 2.43. The van der Waals surface area contributed by atoms with Gasteiger partial charge in [0.1, 0.15) is 0 Å². The van der Waals surface area contributed by atoms with E-state index in [0.29, 0.717) is 0 Å². The molecule has 0 aliphatic rings. The van der Waals surface area contributed by atoms with Gasteiger partial charge in [-0.25, -0.2) is 0 Å². The third kappa shape index (κ3) is 4.21. The zero-order valence-corrected chi connectivity index (χ0v) is 9.90. The highest BCUT2D eigenvalue weighted by Crippen LogP contribution is 2.14. The standard InChI is InChI=1S/C12H21N3/c1-14(2)9-4-10-15(3)12-7-5-11(13)6-8-12/h5-8H,4,9-10,13H2,1-3H3. The molecule has 0 amide bonds. The van der Waals surface area contributed by atoms with E-state index >= 15 is 0 Å². The van der Waals surface area contributed by atoms with E-state index in [1.807, 2.05) is 12.1 Å². The minimum Gasteiger partial charge on any atom is -0.399 e. The van der Waals surface area contributed by atoms with Crippen LogP contribution in [0.1, 0.15) is 6.42 Å². The van der Waals surface area contributed by atoms with Gasteiger partial charge in [0.15, 0.2) is 0 Å². The van der Waals surface area contributed by atoms with Crippen LogP contribution in [0, 0.1) is 0 Å². The van der Waals surface area contributed by atoms with Crippen molar-refractivity contribution in [1.82, 2.24) is 4.90 Å². The summed E-state index contributed by atoms with van der Waals surface area (Å²) in [5.74, 6) is 0. The van der Waals surface area contributed by atoms with Gasteiger partial charge in [-0.15, -0.1) is 0 Å². The van der Waals surface area contributed by atoms with Gasteiger partial charge in [0.2, 0.25) is 0 Å². The Labute approximate surface area is 92.5 Å². The van der Waals surface area contributed by atoms with Crippen molar-refractivity contribution >= 4 is 11.4 Å². The Hall–Kier alpha value is -1.22. The molecule has 0 atom stereocenters. The predicted molar refractivity (Wildman–Crippen MR) is 67.3 cm³/mol. The van der Waals surface area contributed by atoms with Gasteiger partial charge in [0.25, 0.3) is 0 Å². The molecule has 0 aromatic heterocycles. The first-order valence-electron chi connectivity index (χ1n) is 5.31. The monoisotopic (exact) mass is 207 g/mol. The number of nitrogen functional groups attached to an aromatic ring is 1. The molecule has 3 heteroatoms. The number of nitrogens with zero attached hydrogens (tertiary/aromatic N) is 2. The summed E-state index contributed by atoms with van der Waals surface area (Å²) in [4.78, 5) is 4.46. The summed E-state index contributed by atoms with van der Waals surface area (Å²) in [5.41, 5.74) is 7.69. The normalized spacial score (nSPS) is 10.7. The van der Waals surface area contributed by atoms with Gasteiger partial charge < -0.3 is 15.5 Å². The van der Waals surface area contributed by atoms with E-state index in [4.69, 9.17) is 5.73 Å². The van der Waals surface area contributed by atoms with E-state index in [1.165, 1.54) is 12.1 Å². The van der Waals surface area contributed by atoms with Crippen LogP contribution in [0.3, 0.4) is 0 Å². The summed E-state index contributed by atoms with van der Waals surface area (Å²) in [6.45, 7) is 2.20. The quantitative estimate of drug-likeness (QED) is 0.745. The van der Waals surface area contributed by atoms with Crippen LogP contribution in [0.2, 0.25) is 0 Å². The molecule has 15 heavy (non-hydrogen) atoms. The first kappa shape index (κ1) is 11.9. The number of nitrogens with two attached hydrogens (primary N) is 1. The number of anilines is 2. The highest BCUT2D eigenvalue weighted by molar-refractivity contribution is 5.52. The maximum Gasteiger partial charge on any atom is 0.0365 e. The average molecular weight is 207 g/mol. The third-order valence-electron chi connectivity index (χ3n) is 2.43. The Kier molecular flexibility index (Phi) is 4.43. The fourth-order valence-electron chi connectivity index (χ4n) is 1.48. The topological polar surface area (TPSA) is 32.5 Å². The molecule has 1 rings (SSSR count). The minimum absolute atomic E-state index is 0.820. The van der Waals surface area contributed by atoms with Crippen molar-refractivity contribution in [3.8, 4) is 0 Å². The molecule has 0 aliphatic carbocycles. The second kappa shape index (κ2) is 5.61. The van der Waals surface area contributed by atoms with Crippen molar-refractivity contribution in [3.05, 3.63) is 24.3 Å². The number of hydrogen-bond donors (Lipinski definition) is 1. The zero-order chi connectivity index (χ0) is 11.3. The zero-order valence-electron chi connectivity index (χ0n) is 9.90. The Morgan fingerprint density at radius 3 is 2.13 bits per heavy atom. The fourth-order valence-corrected chi connectivity index (χ4v) is 1.48. The molecule has 0 bridgehead atoms. The second-order valence-corrected chi connectivity index (χ2v) is 4.17. The lowest BCUT2D eigenvalue weighted by atomic mass is 10.2. The van der Waals surface area contributed by atoms with Crippen LogP contribution in [0.15, 0.2) is 24.3 Å². The van der Waals surface area contributed by atoms with E-state index in [-0.39, 0.29) is 0 Å². The summed E-state index contributed by atoms with van der Waals surface area (Å²) < 4.78 is 0. The Balaban J connectivity index is 2.40. The van der Waals surface area contributed by atoms with Crippen LogP contribution >= 0.6 is 0 Å². The van der Waals surface area contributed by atoms with E-state index in [1.54, 1.807) is 0 Å². The Morgan fingerprint density at radius 1 is 1.00 bits per heavy atom. The molecular weight excluding hydrogens is 186 g/mol. The summed E-state index contributed by atoms with van der Waals surface area (Å²) in [6.07, 6.45) is 1.17. The van der Waals surface area contributed by atoms with Crippen molar-refractivity contribution < 1.29 is 0 Å². The molecule has 2 N–H and O–H groups in total. The molecule has 0 saturated carbocycles. The van der Waals surface area contributed by atoms with Crippen molar-refractivity contribution in [2.24, 2.45) is 0 Å². The lowest BCUT2D eigenvalue weighted by Gasteiger charge is -2.20. The summed E-state index contributed by atoms with van der Waals surface area (Å²) in [5, 5.41) is 0. The van der Waals surface area contributed by atoms with Gasteiger partial charge in [-0.3, -0.25) is 0 Å². The highest BCUT2D eigenvalue weighted by Gasteiger charge is 2.00. The SMILES string of the molecule is CN(C)CCCN(C)c1ccc(N)cc1. The van der Waals surface area contributed by atoms with Gasteiger partial charge in [-0.2, -0.15) is 0 Å². The van der Waals surface area contributed by atoms with Crippen molar-refractivity contribution in [2.75, 3.05) is 44.9 Å². The molecular formula is C12H21N3. The first-order chi connectivity index (χ1) is 7.09. The number of benzene rings is 1. The van der Waals surface area contributed by atoms with E-state index < -0.39 is 0 Å². The lowest BCUT2D eigenvalue weighted by molar-refractivity contribution is 0.401. The molecule has 0 aliphatic heterocycles. The van der Waals surface area contributed by atoms with E-state index in [0.717, 1.165) is 18.8 Å². The predicted octanol–water partition coefficient (Wildman–Crippen LogP) is 1.66. The molecule has 0 saturated heterocycles. The van der Waals surface area contributed by atoms with Crippen LogP contribution in [0.25, 0.3) is 0 Å². The van der Waals surface area contributed by atoms with Gasteiger partial charge in [-0.1, -0.05) is 0 Å². The van der Waals surface area contributed by atoms with Crippen LogP contribution in [0.4, 0.5) is 11.4 Å². The Bertz CT molecular complexity index is 279. The molecule has 84 valence electrons. The van der Waals surface area contributed by atoms with Crippen LogP contribution in [0.5, 0.6) is 0 Å². The van der Waals surface area contributed by atoms with Crippen LogP contribution in [-0.4, -0.2) is 39.1 Å². The summed E-state index contributed by atoms with van der Waals surface area (Å²) >= 11 is 0.